The highest BCUT2D eigenvalue weighted by molar-refractivity contribution is 7.98. The molecule has 0 saturated heterocycles. The van der Waals surface area contributed by atoms with Crippen molar-refractivity contribution in [1.82, 2.24) is 9.97 Å². The quantitative estimate of drug-likeness (QED) is 0.364. The first-order chi connectivity index (χ1) is 12.5. The van der Waals surface area contributed by atoms with Crippen LogP contribution < -0.4 is 4.74 Å². The van der Waals surface area contributed by atoms with Crippen LogP contribution in [0, 0.1) is 13.8 Å². The van der Waals surface area contributed by atoms with Crippen LogP contribution in [0.5, 0.6) is 11.6 Å². The molecule has 0 aliphatic rings. The van der Waals surface area contributed by atoms with Crippen molar-refractivity contribution in [3.8, 4) is 11.6 Å². The Labute approximate surface area is 163 Å². The van der Waals surface area contributed by atoms with Crippen LogP contribution in [-0.4, -0.2) is 9.97 Å². The van der Waals surface area contributed by atoms with Crippen LogP contribution in [0.1, 0.15) is 29.3 Å². The number of thioether (sulfide) groups is 1. The van der Waals surface area contributed by atoms with Gasteiger partial charge in [-0.15, -0.1) is 0 Å². The Hall–Kier alpha value is -2.04. The highest BCUT2D eigenvalue weighted by atomic mass is 35.5. The highest BCUT2D eigenvalue weighted by Crippen LogP contribution is 2.28. The number of hydrogen-bond donors (Lipinski definition) is 0. The molecule has 0 aliphatic heterocycles. The van der Waals surface area contributed by atoms with Gasteiger partial charge in [0.05, 0.1) is 0 Å². The fourth-order valence-corrected chi connectivity index (χ4v) is 3.49. The molecule has 0 atom stereocenters. The third kappa shape index (κ3) is 4.77. The lowest BCUT2D eigenvalue weighted by Crippen LogP contribution is -1.98. The molecule has 0 bridgehead atoms. The van der Waals surface area contributed by atoms with Gasteiger partial charge in [-0.3, -0.25) is 0 Å². The smallest absolute Gasteiger partial charge is 0.223 e. The molecule has 3 aromatic rings. The Morgan fingerprint density at radius 2 is 1.85 bits per heavy atom. The summed E-state index contributed by atoms with van der Waals surface area (Å²) in [5.41, 5.74) is 4.43. The average molecular weight is 385 g/mol. The Balaban J connectivity index is 1.81. The molecular weight excluding hydrogens is 364 g/mol. The van der Waals surface area contributed by atoms with Gasteiger partial charge in [0, 0.05) is 22.5 Å². The predicted molar refractivity (Wildman–Crippen MR) is 108 cm³/mol. The zero-order valence-corrected chi connectivity index (χ0v) is 16.7. The van der Waals surface area contributed by atoms with E-state index in [-0.39, 0.29) is 0 Å². The lowest BCUT2D eigenvalue weighted by atomic mass is 10.1. The van der Waals surface area contributed by atoms with E-state index >= 15 is 0 Å². The number of rotatable bonds is 6. The minimum absolute atomic E-state index is 0.583. The van der Waals surface area contributed by atoms with Crippen molar-refractivity contribution < 1.29 is 4.74 Å². The number of ether oxygens (including phenoxy) is 1. The second kappa shape index (κ2) is 8.56. The van der Waals surface area contributed by atoms with Crippen molar-refractivity contribution >= 4 is 23.4 Å². The Morgan fingerprint density at radius 1 is 1.04 bits per heavy atom. The lowest BCUT2D eigenvalue weighted by molar-refractivity contribution is 0.450. The van der Waals surface area contributed by atoms with Crippen LogP contribution in [0.15, 0.2) is 53.7 Å². The summed E-state index contributed by atoms with van der Waals surface area (Å²) in [7, 11) is 0. The van der Waals surface area contributed by atoms with E-state index in [9.17, 15) is 0 Å². The van der Waals surface area contributed by atoms with Crippen molar-refractivity contribution in [2.24, 2.45) is 0 Å². The Morgan fingerprint density at radius 3 is 2.62 bits per heavy atom. The summed E-state index contributed by atoms with van der Waals surface area (Å²) in [6, 6.07) is 15.8. The Bertz CT molecular complexity index is 914. The molecule has 3 rings (SSSR count). The van der Waals surface area contributed by atoms with Gasteiger partial charge in [0.2, 0.25) is 5.88 Å². The molecule has 0 radical (unpaired) electrons. The monoisotopic (exact) mass is 384 g/mol. The number of benzene rings is 2. The number of aromatic nitrogens is 2. The van der Waals surface area contributed by atoms with Gasteiger partial charge in [0.15, 0.2) is 5.16 Å². The maximum atomic E-state index is 6.06. The first-order valence-electron chi connectivity index (χ1n) is 8.54. The van der Waals surface area contributed by atoms with Crippen molar-refractivity contribution in [2.45, 2.75) is 38.1 Å². The van der Waals surface area contributed by atoms with E-state index in [1.165, 1.54) is 5.56 Å². The van der Waals surface area contributed by atoms with E-state index < -0.39 is 0 Å². The topological polar surface area (TPSA) is 35.0 Å². The molecule has 2 aromatic carbocycles. The van der Waals surface area contributed by atoms with Gasteiger partial charge >= 0.3 is 0 Å². The van der Waals surface area contributed by atoms with Crippen LogP contribution in [0.3, 0.4) is 0 Å². The van der Waals surface area contributed by atoms with Gasteiger partial charge < -0.3 is 4.74 Å². The minimum atomic E-state index is 0.583. The largest absolute Gasteiger partial charge is 0.439 e. The zero-order valence-electron chi connectivity index (χ0n) is 15.1. The van der Waals surface area contributed by atoms with Crippen LogP contribution >= 0.6 is 23.4 Å². The molecule has 0 unspecified atom stereocenters. The van der Waals surface area contributed by atoms with Gasteiger partial charge in [-0.1, -0.05) is 54.6 Å². The maximum absolute atomic E-state index is 6.06. The SMILES string of the molecule is CCc1cc(Oc2cccc(C)c2C)nc(SCc2cccc(Cl)c2)n1. The van der Waals surface area contributed by atoms with Crippen molar-refractivity contribution in [2.75, 3.05) is 0 Å². The normalized spacial score (nSPS) is 10.8. The summed E-state index contributed by atoms with van der Waals surface area (Å²) in [6.45, 7) is 6.21. The lowest BCUT2D eigenvalue weighted by Gasteiger charge is -2.11. The molecule has 1 heterocycles. The van der Waals surface area contributed by atoms with Crippen molar-refractivity contribution in [1.29, 1.82) is 0 Å². The molecule has 0 spiro atoms. The van der Waals surface area contributed by atoms with E-state index in [2.05, 4.69) is 42.9 Å². The first-order valence-corrected chi connectivity index (χ1v) is 9.90. The summed E-state index contributed by atoms with van der Waals surface area (Å²) >= 11 is 7.64. The van der Waals surface area contributed by atoms with E-state index in [0.717, 1.165) is 39.8 Å². The van der Waals surface area contributed by atoms with Crippen LogP contribution in [0.25, 0.3) is 0 Å². The van der Waals surface area contributed by atoms with Gasteiger partial charge in [0.1, 0.15) is 5.75 Å². The summed E-state index contributed by atoms with van der Waals surface area (Å²) in [5, 5.41) is 1.45. The number of nitrogens with zero attached hydrogens (tertiary/aromatic N) is 2. The second-order valence-electron chi connectivity index (χ2n) is 6.05. The fraction of sp³-hybridized carbons (Fsp3) is 0.238. The molecular formula is C21H21ClN2OS. The van der Waals surface area contributed by atoms with Crippen LogP contribution in [0.4, 0.5) is 0 Å². The van der Waals surface area contributed by atoms with E-state index in [1.807, 2.05) is 36.4 Å². The van der Waals surface area contributed by atoms with Gasteiger partial charge in [0.25, 0.3) is 0 Å². The van der Waals surface area contributed by atoms with Gasteiger partial charge in [-0.2, -0.15) is 4.98 Å². The number of halogens is 1. The number of aryl methyl sites for hydroxylation is 2. The predicted octanol–water partition coefficient (Wildman–Crippen LogP) is 6.39. The third-order valence-corrected chi connectivity index (χ3v) is 5.28. The number of hydrogen-bond acceptors (Lipinski definition) is 4. The highest BCUT2D eigenvalue weighted by Gasteiger charge is 2.09. The summed E-state index contributed by atoms with van der Waals surface area (Å²) < 4.78 is 6.06. The van der Waals surface area contributed by atoms with E-state index in [4.69, 9.17) is 16.3 Å². The maximum Gasteiger partial charge on any atom is 0.223 e. The summed E-state index contributed by atoms with van der Waals surface area (Å²) in [5.74, 6) is 2.17. The van der Waals surface area contributed by atoms with Crippen molar-refractivity contribution in [3.63, 3.8) is 0 Å². The molecule has 0 saturated carbocycles. The molecule has 1 aromatic heterocycles. The minimum Gasteiger partial charge on any atom is -0.439 e. The molecule has 0 aliphatic carbocycles. The molecule has 3 nitrogen and oxygen atoms in total. The second-order valence-corrected chi connectivity index (χ2v) is 7.43. The molecule has 0 N–H and O–H groups in total. The van der Waals surface area contributed by atoms with E-state index in [0.29, 0.717) is 11.0 Å². The molecule has 26 heavy (non-hydrogen) atoms. The van der Waals surface area contributed by atoms with Gasteiger partial charge in [-0.05, 0) is 55.2 Å². The molecule has 134 valence electrons. The van der Waals surface area contributed by atoms with E-state index in [1.54, 1.807) is 11.8 Å². The van der Waals surface area contributed by atoms with Crippen LogP contribution in [-0.2, 0) is 12.2 Å². The Kier molecular flexibility index (Phi) is 6.17. The first kappa shape index (κ1) is 18.7. The third-order valence-electron chi connectivity index (χ3n) is 4.12. The summed E-state index contributed by atoms with van der Waals surface area (Å²) in [6.07, 6.45) is 0.830. The summed E-state index contributed by atoms with van der Waals surface area (Å²) in [4.78, 5) is 9.19. The molecule has 0 amide bonds. The standard InChI is InChI=1S/C21H21ClN2OS/c1-4-18-12-20(25-19-10-5-7-14(2)15(19)3)24-21(23-18)26-13-16-8-6-9-17(22)11-16/h5-12H,4,13H2,1-3H3. The average Bonchev–Trinajstić information content (AvgIpc) is 2.64. The molecule has 5 heteroatoms. The zero-order chi connectivity index (χ0) is 18.5. The van der Waals surface area contributed by atoms with Crippen molar-refractivity contribution in [3.05, 3.63) is 75.9 Å². The van der Waals surface area contributed by atoms with Gasteiger partial charge in [-0.25, -0.2) is 4.98 Å². The van der Waals surface area contributed by atoms with Crippen LogP contribution in [0.2, 0.25) is 5.02 Å². The molecule has 0 fully saturated rings. The fourth-order valence-electron chi connectivity index (χ4n) is 2.47.